The summed E-state index contributed by atoms with van der Waals surface area (Å²) in [6.07, 6.45) is 6.80. The van der Waals surface area contributed by atoms with E-state index < -0.39 is 0 Å². The van der Waals surface area contributed by atoms with Gasteiger partial charge in [-0.15, -0.1) is 0 Å². The fourth-order valence-corrected chi connectivity index (χ4v) is 5.92. The van der Waals surface area contributed by atoms with E-state index in [4.69, 9.17) is 11.6 Å². The Balaban J connectivity index is 1.48. The lowest BCUT2D eigenvalue weighted by atomic mass is 9.71. The largest absolute Gasteiger partial charge is 0.355 e. The van der Waals surface area contributed by atoms with E-state index in [1.807, 2.05) is 18.3 Å². The molecule has 3 aliphatic heterocycles. The van der Waals surface area contributed by atoms with Gasteiger partial charge in [0.1, 0.15) is 5.82 Å². The molecule has 1 aromatic carbocycles. The van der Waals surface area contributed by atoms with Crippen molar-refractivity contribution in [3.63, 3.8) is 0 Å². The van der Waals surface area contributed by atoms with Crippen LogP contribution in [0.1, 0.15) is 31.2 Å². The fourth-order valence-electron chi connectivity index (χ4n) is 5.68. The summed E-state index contributed by atoms with van der Waals surface area (Å²) in [5.41, 5.74) is 1.32. The Morgan fingerprint density at radius 1 is 1.07 bits per heavy atom. The maximum atomic E-state index is 12.9. The van der Waals surface area contributed by atoms with Crippen molar-refractivity contribution < 1.29 is 4.79 Å². The van der Waals surface area contributed by atoms with Gasteiger partial charge in [-0.25, -0.2) is 4.98 Å². The van der Waals surface area contributed by atoms with Gasteiger partial charge in [0, 0.05) is 37.8 Å². The van der Waals surface area contributed by atoms with Crippen molar-refractivity contribution >= 4 is 23.3 Å². The van der Waals surface area contributed by atoms with Crippen molar-refractivity contribution in [2.24, 2.45) is 11.8 Å². The van der Waals surface area contributed by atoms with Gasteiger partial charge >= 0.3 is 0 Å². The third-order valence-corrected chi connectivity index (χ3v) is 7.12. The Labute approximate surface area is 171 Å². The van der Waals surface area contributed by atoms with Gasteiger partial charge in [0.25, 0.3) is 0 Å². The Morgan fingerprint density at radius 3 is 2.71 bits per heavy atom. The highest BCUT2D eigenvalue weighted by Gasteiger charge is 2.49. The van der Waals surface area contributed by atoms with Crippen molar-refractivity contribution in [2.45, 2.75) is 44.2 Å². The van der Waals surface area contributed by atoms with E-state index in [0.29, 0.717) is 30.2 Å². The normalized spacial score (nSPS) is 29.5. The molecule has 0 spiro atoms. The Hall–Kier alpha value is -2.07. The van der Waals surface area contributed by atoms with Gasteiger partial charge in [-0.3, -0.25) is 4.79 Å². The zero-order valence-corrected chi connectivity index (χ0v) is 16.8. The van der Waals surface area contributed by atoms with Crippen LogP contribution in [-0.4, -0.2) is 41.0 Å². The fraction of sp³-hybridized carbons (Fsp3) is 0.478. The van der Waals surface area contributed by atoms with Crippen LogP contribution in [0.3, 0.4) is 0 Å². The SMILES string of the molecule is O=C1CCC[C@H]2[C@@H]3C[C@@H](CN(c4ncccc4Cl)C3)[C@H](Cc3ccccc3)N12. The number of hydrogen-bond acceptors (Lipinski definition) is 3. The lowest BCUT2D eigenvalue weighted by Crippen LogP contribution is -2.65. The first-order valence-corrected chi connectivity index (χ1v) is 10.8. The third-order valence-electron chi connectivity index (χ3n) is 6.82. The van der Waals surface area contributed by atoms with Crippen LogP contribution < -0.4 is 4.90 Å². The second kappa shape index (κ2) is 7.40. The number of aromatic nitrogens is 1. The van der Waals surface area contributed by atoms with Crippen LogP contribution in [0.25, 0.3) is 0 Å². The molecule has 4 atom stereocenters. The molecule has 5 heteroatoms. The minimum Gasteiger partial charge on any atom is -0.355 e. The molecule has 0 aliphatic carbocycles. The highest BCUT2D eigenvalue weighted by molar-refractivity contribution is 6.32. The second-order valence-electron chi connectivity index (χ2n) is 8.49. The van der Waals surface area contributed by atoms with Gasteiger partial charge in [0.15, 0.2) is 0 Å². The van der Waals surface area contributed by atoms with E-state index in [2.05, 4.69) is 45.1 Å². The molecule has 146 valence electrons. The molecular formula is C23H26ClN3O. The number of anilines is 1. The van der Waals surface area contributed by atoms with Gasteiger partial charge in [0.05, 0.1) is 5.02 Å². The van der Waals surface area contributed by atoms with Crippen LogP contribution in [0.15, 0.2) is 48.7 Å². The van der Waals surface area contributed by atoms with Crippen molar-refractivity contribution in [3.8, 4) is 0 Å². The number of carbonyl (C=O) groups excluding carboxylic acids is 1. The van der Waals surface area contributed by atoms with E-state index >= 15 is 0 Å². The minimum absolute atomic E-state index is 0.265. The summed E-state index contributed by atoms with van der Waals surface area (Å²) in [5, 5.41) is 0.721. The van der Waals surface area contributed by atoms with Crippen LogP contribution in [0.4, 0.5) is 5.82 Å². The summed E-state index contributed by atoms with van der Waals surface area (Å²) in [6.45, 7) is 1.86. The molecule has 5 rings (SSSR count). The van der Waals surface area contributed by atoms with Crippen molar-refractivity contribution in [2.75, 3.05) is 18.0 Å². The first kappa shape index (κ1) is 18.0. The zero-order chi connectivity index (χ0) is 19.1. The van der Waals surface area contributed by atoms with Gasteiger partial charge < -0.3 is 9.80 Å². The van der Waals surface area contributed by atoms with Crippen LogP contribution in [0.5, 0.6) is 0 Å². The molecule has 3 aliphatic rings. The van der Waals surface area contributed by atoms with E-state index in [0.717, 1.165) is 43.2 Å². The second-order valence-corrected chi connectivity index (χ2v) is 8.89. The monoisotopic (exact) mass is 395 g/mol. The molecule has 0 unspecified atom stereocenters. The number of benzene rings is 1. The van der Waals surface area contributed by atoms with Crippen LogP contribution in [0, 0.1) is 11.8 Å². The summed E-state index contributed by atoms with van der Waals surface area (Å²) in [5.74, 6) is 2.22. The van der Waals surface area contributed by atoms with Crippen molar-refractivity contribution in [1.29, 1.82) is 0 Å². The average Bonchev–Trinajstić information content (AvgIpc) is 2.72. The first-order valence-electron chi connectivity index (χ1n) is 10.4. The Morgan fingerprint density at radius 2 is 1.89 bits per heavy atom. The number of rotatable bonds is 3. The molecule has 4 nitrogen and oxygen atoms in total. The predicted octanol–water partition coefficient (Wildman–Crippen LogP) is 4.18. The molecule has 3 fully saturated rings. The number of amides is 1. The van der Waals surface area contributed by atoms with Crippen molar-refractivity contribution in [1.82, 2.24) is 9.88 Å². The highest BCUT2D eigenvalue weighted by atomic mass is 35.5. The predicted molar refractivity (Wildman–Crippen MR) is 111 cm³/mol. The van der Waals surface area contributed by atoms with E-state index in [-0.39, 0.29) is 6.04 Å². The molecule has 0 saturated carbocycles. The third kappa shape index (κ3) is 3.18. The van der Waals surface area contributed by atoms with E-state index in [1.54, 1.807) is 0 Å². The molecule has 28 heavy (non-hydrogen) atoms. The zero-order valence-electron chi connectivity index (χ0n) is 16.0. The van der Waals surface area contributed by atoms with Gasteiger partial charge in [-0.1, -0.05) is 41.9 Å². The van der Waals surface area contributed by atoms with Gasteiger partial charge in [0.2, 0.25) is 5.91 Å². The topological polar surface area (TPSA) is 36.4 Å². The molecule has 2 bridgehead atoms. The Kier molecular flexibility index (Phi) is 4.75. The molecule has 0 radical (unpaired) electrons. The summed E-state index contributed by atoms with van der Waals surface area (Å²) < 4.78 is 0. The maximum Gasteiger partial charge on any atom is 0.223 e. The molecule has 1 aromatic heterocycles. The summed E-state index contributed by atoms with van der Waals surface area (Å²) >= 11 is 6.47. The maximum absolute atomic E-state index is 12.9. The first-order chi connectivity index (χ1) is 13.7. The van der Waals surface area contributed by atoms with E-state index in [1.165, 1.54) is 12.0 Å². The number of hydrogen-bond donors (Lipinski definition) is 0. The lowest BCUT2D eigenvalue weighted by molar-refractivity contribution is -0.148. The molecular weight excluding hydrogens is 370 g/mol. The summed E-state index contributed by atoms with van der Waals surface area (Å²) in [6, 6.07) is 15.0. The smallest absolute Gasteiger partial charge is 0.223 e. The van der Waals surface area contributed by atoms with Crippen molar-refractivity contribution in [3.05, 3.63) is 59.2 Å². The summed E-state index contributed by atoms with van der Waals surface area (Å²) in [7, 11) is 0. The van der Waals surface area contributed by atoms with Gasteiger partial charge in [-0.2, -0.15) is 0 Å². The standard InChI is InChI=1S/C23H26ClN3O/c24-19-8-5-11-25-23(19)26-14-17-13-18(15-26)21(12-16-6-2-1-3-7-16)27-20(17)9-4-10-22(27)28/h1-3,5-8,11,17-18,20-21H,4,9-10,12-15H2/t17-,18+,20+,21+/m1/s1. The lowest BCUT2D eigenvalue weighted by Gasteiger charge is -2.57. The number of pyridine rings is 1. The quantitative estimate of drug-likeness (QED) is 0.782. The summed E-state index contributed by atoms with van der Waals surface area (Å²) in [4.78, 5) is 22.2. The highest BCUT2D eigenvalue weighted by Crippen LogP contribution is 2.43. The number of carbonyl (C=O) groups is 1. The van der Waals surface area contributed by atoms with Crippen LogP contribution in [0.2, 0.25) is 5.02 Å². The van der Waals surface area contributed by atoms with Crippen LogP contribution >= 0.6 is 11.6 Å². The number of piperidine rings is 3. The average molecular weight is 396 g/mol. The van der Waals surface area contributed by atoms with Crippen LogP contribution in [-0.2, 0) is 11.2 Å². The van der Waals surface area contributed by atoms with Gasteiger partial charge in [-0.05, 0) is 55.2 Å². The molecule has 1 amide bonds. The molecule has 3 saturated heterocycles. The molecule has 4 heterocycles. The minimum atomic E-state index is 0.265. The number of halogens is 1. The van der Waals surface area contributed by atoms with E-state index in [9.17, 15) is 4.79 Å². The molecule has 0 N–H and O–H groups in total. The molecule has 2 aromatic rings. The number of fused-ring (bicyclic) bond motifs is 4. The Bertz CT molecular complexity index is 858. The number of nitrogens with zero attached hydrogens (tertiary/aromatic N) is 3.